The first-order valence-electron chi connectivity index (χ1n) is 6.28. The number of hydrazone groups is 1. The lowest BCUT2D eigenvalue weighted by Gasteiger charge is -2.24. The second-order valence-corrected chi connectivity index (χ2v) is 4.90. The highest BCUT2D eigenvalue weighted by Crippen LogP contribution is 2.08. The van der Waals surface area contributed by atoms with Crippen LogP contribution in [0.4, 0.5) is 0 Å². The van der Waals surface area contributed by atoms with Crippen molar-refractivity contribution < 1.29 is 30.3 Å². The van der Waals surface area contributed by atoms with Gasteiger partial charge in [0, 0.05) is 5.02 Å². The van der Waals surface area contributed by atoms with Crippen LogP contribution in [0.15, 0.2) is 29.4 Å². The predicted octanol–water partition coefficient (Wildman–Crippen LogP) is -1.77. The number of halogens is 1. The van der Waals surface area contributed by atoms with Crippen LogP contribution in [0.5, 0.6) is 0 Å². The third kappa shape index (κ3) is 5.34. The molecule has 0 radical (unpaired) electrons. The van der Waals surface area contributed by atoms with E-state index in [4.69, 9.17) is 21.8 Å². The standard InChI is InChI=1S/C13H17ClN2O6/c14-8-3-1-7(2-4-8)5-15-16-13(22)12(21)11(20)10(19)9(18)6-17/h1-5,9-12,17-21H,6H2,(H,16,22). The minimum absolute atomic E-state index is 0.538. The van der Waals surface area contributed by atoms with Gasteiger partial charge in [-0.05, 0) is 17.7 Å². The van der Waals surface area contributed by atoms with Crippen molar-refractivity contribution in [2.45, 2.75) is 24.4 Å². The number of nitrogens with zero attached hydrogens (tertiary/aromatic N) is 1. The van der Waals surface area contributed by atoms with Gasteiger partial charge in [-0.2, -0.15) is 5.10 Å². The molecule has 6 N–H and O–H groups in total. The van der Waals surface area contributed by atoms with E-state index in [0.717, 1.165) is 0 Å². The van der Waals surface area contributed by atoms with E-state index in [1.54, 1.807) is 24.3 Å². The van der Waals surface area contributed by atoms with Gasteiger partial charge in [-0.3, -0.25) is 4.79 Å². The fourth-order valence-electron chi connectivity index (χ4n) is 1.46. The van der Waals surface area contributed by atoms with E-state index in [0.29, 0.717) is 10.6 Å². The SMILES string of the molecule is O=C(NN=Cc1ccc(Cl)cc1)C(O)C(O)C(O)C(O)CO. The zero-order valence-corrected chi connectivity index (χ0v) is 12.1. The van der Waals surface area contributed by atoms with Gasteiger partial charge in [-0.15, -0.1) is 0 Å². The average molecular weight is 333 g/mol. The molecule has 22 heavy (non-hydrogen) atoms. The molecular weight excluding hydrogens is 316 g/mol. The Labute approximate surface area is 131 Å². The molecule has 0 saturated carbocycles. The van der Waals surface area contributed by atoms with Crippen molar-refractivity contribution in [1.82, 2.24) is 5.43 Å². The first-order valence-corrected chi connectivity index (χ1v) is 6.66. The lowest BCUT2D eigenvalue weighted by Crippen LogP contribution is -2.50. The number of nitrogens with one attached hydrogen (secondary N) is 1. The highest BCUT2D eigenvalue weighted by Gasteiger charge is 2.34. The van der Waals surface area contributed by atoms with Crippen LogP contribution >= 0.6 is 11.6 Å². The molecule has 0 bridgehead atoms. The Kier molecular flexibility index (Phi) is 7.39. The number of hydrogen-bond acceptors (Lipinski definition) is 7. The van der Waals surface area contributed by atoms with Crippen LogP contribution < -0.4 is 5.43 Å². The Bertz CT molecular complexity index is 510. The lowest BCUT2D eigenvalue weighted by atomic mass is 10.0. The van der Waals surface area contributed by atoms with E-state index >= 15 is 0 Å². The molecule has 0 aliphatic heterocycles. The summed E-state index contributed by atoms with van der Waals surface area (Å²) in [5.74, 6) is -1.08. The zero-order chi connectivity index (χ0) is 16.7. The van der Waals surface area contributed by atoms with Crippen molar-refractivity contribution in [2.75, 3.05) is 6.61 Å². The lowest BCUT2D eigenvalue weighted by molar-refractivity contribution is -0.148. The molecule has 1 aromatic rings. The Morgan fingerprint density at radius 3 is 2.32 bits per heavy atom. The topological polar surface area (TPSA) is 143 Å². The number of aliphatic hydroxyl groups is 5. The third-order valence-corrected chi connectivity index (χ3v) is 3.03. The minimum atomic E-state index is -2.03. The molecule has 0 aliphatic rings. The van der Waals surface area contributed by atoms with E-state index in [1.165, 1.54) is 6.21 Å². The molecule has 4 atom stereocenters. The molecule has 0 aliphatic carbocycles. The molecule has 122 valence electrons. The molecule has 1 rings (SSSR count). The molecular formula is C13H17ClN2O6. The van der Waals surface area contributed by atoms with Gasteiger partial charge in [-0.25, -0.2) is 5.43 Å². The molecule has 1 amide bonds. The second-order valence-electron chi connectivity index (χ2n) is 4.46. The van der Waals surface area contributed by atoms with Crippen LogP contribution in [0, 0.1) is 0 Å². The molecule has 0 saturated heterocycles. The van der Waals surface area contributed by atoms with Crippen molar-refractivity contribution in [3.05, 3.63) is 34.9 Å². The quantitative estimate of drug-likeness (QED) is 0.257. The summed E-state index contributed by atoms with van der Waals surface area (Å²) in [6.07, 6.45) is -6.29. The number of carbonyl (C=O) groups excluding carboxylic acids is 1. The Morgan fingerprint density at radius 2 is 1.77 bits per heavy atom. The summed E-state index contributed by atoms with van der Waals surface area (Å²) in [6.45, 7) is -0.832. The minimum Gasteiger partial charge on any atom is -0.394 e. The number of amides is 1. The maximum absolute atomic E-state index is 11.5. The van der Waals surface area contributed by atoms with Crippen molar-refractivity contribution in [1.29, 1.82) is 0 Å². The van der Waals surface area contributed by atoms with Gasteiger partial charge in [0.05, 0.1) is 12.8 Å². The predicted molar refractivity (Wildman–Crippen MR) is 78.3 cm³/mol. The third-order valence-electron chi connectivity index (χ3n) is 2.78. The monoisotopic (exact) mass is 332 g/mol. The molecule has 1 aromatic carbocycles. The first-order chi connectivity index (χ1) is 10.4. The van der Waals surface area contributed by atoms with E-state index in [-0.39, 0.29) is 0 Å². The van der Waals surface area contributed by atoms with E-state index in [9.17, 15) is 20.1 Å². The summed E-state index contributed by atoms with van der Waals surface area (Å²) in [7, 11) is 0. The van der Waals surface area contributed by atoms with Crippen LogP contribution in [0.1, 0.15) is 5.56 Å². The maximum Gasteiger partial charge on any atom is 0.271 e. The van der Waals surface area contributed by atoms with Crippen molar-refractivity contribution in [3.63, 3.8) is 0 Å². The number of benzene rings is 1. The van der Waals surface area contributed by atoms with E-state index < -0.39 is 36.9 Å². The smallest absolute Gasteiger partial charge is 0.271 e. The fraction of sp³-hybridized carbons (Fsp3) is 0.385. The fourth-order valence-corrected chi connectivity index (χ4v) is 1.59. The van der Waals surface area contributed by atoms with E-state index in [2.05, 4.69) is 5.10 Å². The molecule has 0 spiro atoms. The zero-order valence-electron chi connectivity index (χ0n) is 11.4. The van der Waals surface area contributed by atoms with Crippen molar-refractivity contribution in [3.8, 4) is 0 Å². The molecule has 8 nitrogen and oxygen atoms in total. The number of aliphatic hydroxyl groups excluding tert-OH is 5. The number of rotatable bonds is 7. The van der Waals surface area contributed by atoms with Gasteiger partial charge in [-0.1, -0.05) is 23.7 Å². The van der Waals surface area contributed by atoms with Gasteiger partial charge in [0.15, 0.2) is 6.10 Å². The Hall–Kier alpha value is -1.55. The largest absolute Gasteiger partial charge is 0.394 e. The van der Waals surface area contributed by atoms with Crippen LogP contribution in [0.25, 0.3) is 0 Å². The van der Waals surface area contributed by atoms with Crippen LogP contribution in [-0.2, 0) is 4.79 Å². The summed E-state index contributed by atoms with van der Waals surface area (Å²) in [5, 5.41) is 50.3. The molecule has 9 heteroatoms. The molecule has 0 heterocycles. The van der Waals surface area contributed by atoms with Gasteiger partial charge in [0.2, 0.25) is 0 Å². The highest BCUT2D eigenvalue weighted by molar-refractivity contribution is 6.30. The van der Waals surface area contributed by atoms with Crippen molar-refractivity contribution >= 4 is 23.7 Å². The van der Waals surface area contributed by atoms with E-state index in [1.807, 2.05) is 5.43 Å². The molecule has 4 unspecified atom stereocenters. The number of hydrogen-bond donors (Lipinski definition) is 6. The first kappa shape index (κ1) is 18.5. The van der Waals surface area contributed by atoms with Gasteiger partial charge >= 0.3 is 0 Å². The maximum atomic E-state index is 11.5. The van der Waals surface area contributed by atoms with Crippen molar-refractivity contribution in [2.24, 2.45) is 5.10 Å². The van der Waals surface area contributed by atoms with Gasteiger partial charge in [0.1, 0.15) is 18.3 Å². The number of carbonyl (C=O) groups is 1. The summed E-state index contributed by atoms with van der Waals surface area (Å²) < 4.78 is 0. The van der Waals surface area contributed by atoms with Crippen LogP contribution in [0.2, 0.25) is 5.02 Å². The summed E-state index contributed by atoms with van der Waals surface area (Å²) >= 11 is 5.70. The van der Waals surface area contributed by atoms with Crippen LogP contribution in [0.3, 0.4) is 0 Å². The summed E-state index contributed by atoms with van der Waals surface area (Å²) in [4.78, 5) is 11.5. The summed E-state index contributed by atoms with van der Waals surface area (Å²) in [5.41, 5.74) is 2.61. The second kappa shape index (κ2) is 8.79. The average Bonchev–Trinajstić information content (AvgIpc) is 2.53. The normalized spacial score (nSPS) is 17.0. The van der Waals surface area contributed by atoms with Crippen LogP contribution in [-0.4, -0.2) is 68.7 Å². The Morgan fingerprint density at radius 1 is 1.18 bits per heavy atom. The highest BCUT2D eigenvalue weighted by atomic mass is 35.5. The summed E-state index contributed by atoms with van der Waals surface area (Å²) in [6, 6.07) is 6.53. The Balaban J connectivity index is 2.55. The molecule has 0 fully saturated rings. The molecule has 0 aromatic heterocycles. The van der Waals surface area contributed by atoms with Gasteiger partial charge in [0.25, 0.3) is 5.91 Å². The van der Waals surface area contributed by atoms with Gasteiger partial charge < -0.3 is 25.5 Å².